The number of amides is 1. The number of aromatic nitrogens is 1. The lowest BCUT2D eigenvalue weighted by molar-refractivity contribution is -0.137. The third-order valence-corrected chi connectivity index (χ3v) is 5.06. The quantitative estimate of drug-likeness (QED) is 0.441. The summed E-state index contributed by atoms with van der Waals surface area (Å²) in [5.74, 6) is -0.253. The molecule has 0 atom stereocenters. The molecular formula is C26H30N4O3. The lowest BCUT2D eigenvalue weighted by Crippen LogP contribution is -2.31. The molecule has 0 aliphatic rings. The highest BCUT2D eigenvalue weighted by molar-refractivity contribution is 5.95. The number of hydrogen-bond acceptors (Lipinski definition) is 6. The lowest BCUT2D eigenvalue weighted by atomic mass is 10.0. The summed E-state index contributed by atoms with van der Waals surface area (Å²) in [6.45, 7) is 1.54. The normalized spacial score (nSPS) is 11.1. The fourth-order valence-electron chi connectivity index (χ4n) is 3.40. The van der Waals surface area contributed by atoms with Crippen LogP contribution in [0.5, 0.6) is 0 Å². The molecule has 3 rings (SSSR count). The highest BCUT2D eigenvalue weighted by atomic mass is 16.5. The number of nitrogens with one attached hydrogen (secondary N) is 1. The van der Waals surface area contributed by atoms with Crippen molar-refractivity contribution in [3.63, 3.8) is 0 Å². The molecule has 3 aromatic rings. The van der Waals surface area contributed by atoms with Crippen LogP contribution in [0.15, 0.2) is 72.9 Å². The summed E-state index contributed by atoms with van der Waals surface area (Å²) in [6.07, 6.45) is 1.77. The van der Waals surface area contributed by atoms with Crippen LogP contribution in [0, 0.1) is 0 Å². The van der Waals surface area contributed by atoms with Crippen LogP contribution in [0.25, 0.3) is 11.1 Å². The molecule has 0 saturated carbocycles. The molecule has 33 heavy (non-hydrogen) atoms. The summed E-state index contributed by atoms with van der Waals surface area (Å²) in [5, 5.41) is 14.0. The van der Waals surface area contributed by atoms with Gasteiger partial charge in [-0.2, -0.15) is 5.06 Å². The van der Waals surface area contributed by atoms with Gasteiger partial charge in [-0.3, -0.25) is 14.6 Å². The summed E-state index contributed by atoms with van der Waals surface area (Å²) < 4.78 is 0. The maximum Gasteiger partial charge on any atom is 0.251 e. The Balaban J connectivity index is 1.61. The molecule has 0 aliphatic carbocycles. The number of hydrogen-bond donors (Lipinski definition) is 2. The molecule has 7 heteroatoms. The van der Waals surface area contributed by atoms with Crippen molar-refractivity contribution in [2.24, 2.45) is 0 Å². The largest absolute Gasteiger partial charge is 0.351 e. The Hall–Kier alpha value is -3.39. The minimum absolute atomic E-state index is 0.0800. The van der Waals surface area contributed by atoms with E-state index in [9.17, 15) is 14.8 Å². The standard InChI is InChI=1S/C26H30N4O3/c1-29(2)14-13-28-26(32)23-10-6-9-21(15-23)22-11-12-27-24(16-22)17-25(31)19-30(33)18-20-7-4-3-5-8-20/h3-12,15-16,33H,13-14,17-19H2,1-2H3,(H,28,32). The van der Waals surface area contributed by atoms with Crippen molar-refractivity contribution in [1.82, 2.24) is 20.3 Å². The smallest absolute Gasteiger partial charge is 0.251 e. The van der Waals surface area contributed by atoms with Gasteiger partial charge in [-0.15, -0.1) is 0 Å². The van der Waals surface area contributed by atoms with Gasteiger partial charge in [-0.1, -0.05) is 42.5 Å². The van der Waals surface area contributed by atoms with Crippen molar-refractivity contribution in [2.45, 2.75) is 13.0 Å². The number of Topliss-reactive ketones (excluding diaryl/α,β-unsaturated/α-hetero) is 1. The van der Waals surface area contributed by atoms with Crippen molar-refractivity contribution in [3.05, 3.63) is 89.7 Å². The molecule has 2 N–H and O–H groups in total. The molecule has 0 spiro atoms. The van der Waals surface area contributed by atoms with Gasteiger partial charge in [-0.25, -0.2) is 0 Å². The van der Waals surface area contributed by atoms with Gasteiger partial charge < -0.3 is 15.4 Å². The van der Waals surface area contributed by atoms with Gasteiger partial charge in [0.1, 0.15) is 0 Å². The number of carbonyl (C=O) groups excluding carboxylic acids is 2. The molecule has 0 bridgehead atoms. The van der Waals surface area contributed by atoms with Crippen LogP contribution >= 0.6 is 0 Å². The van der Waals surface area contributed by atoms with Crippen LogP contribution in [-0.4, -0.2) is 65.6 Å². The number of ketones is 1. The number of benzene rings is 2. The summed E-state index contributed by atoms with van der Waals surface area (Å²) in [6, 6.07) is 20.6. The topological polar surface area (TPSA) is 85.8 Å². The predicted molar refractivity (Wildman–Crippen MR) is 128 cm³/mol. The van der Waals surface area contributed by atoms with Gasteiger partial charge in [-0.05, 0) is 55.1 Å². The van der Waals surface area contributed by atoms with Crippen LogP contribution in [0.2, 0.25) is 0 Å². The van der Waals surface area contributed by atoms with Crippen LogP contribution in [-0.2, 0) is 17.8 Å². The molecule has 1 amide bonds. The van der Waals surface area contributed by atoms with E-state index < -0.39 is 0 Å². The number of likely N-dealkylation sites (N-methyl/N-ethyl adjacent to an activating group) is 1. The number of hydroxylamine groups is 2. The second kappa shape index (κ2) is 12.0. The van der Waals surface area contributed by atoms with Crippen molar-refractivity contribution < 1.29 is 14.8 Å². The van der Waals surface area contributed by atoms with E-state index in [1.54, 1.807) is 12.3 Å². The van der Waals surface area contributed by atoms with Crippen molar-refractivity contribution in [2.75, 3.05) is 33.7 Å². The van der Waals surface area contributed by atoms with E-state index in [0.717, 1.165) is 28.3 Å². The van der Waals surface area contributed by atoms with E-state index in [2.05, 4.69) is 10.3 Å². The second-order valence-corrected chi connectivity index (χ2v) is 8.20. The molecular weight excluding hydrogens is 416 g/mol. The van der Waals surface area contributed by atoms with E-state index in [-0.39, 0.29) is 31.2 Å². The molecule has 1 heterocycles. The number of carbonyl (C=O) groups is 2. The maximum absolute atomic E-state index is 12.5. The van der Waals surface area contributed by atoms with Gasteiger partial charge >= 0.3 is 0 Å². The van der Waals surface area contributed by atoms with Crippen molar-refractivity contribution in [1.29, 1.82) is 0 Å². The monoisotopic (exact) mass is 446 g/mol. The first kappa shape index (κ1) is 24.3. The Morgan fingerprint density at radius 1 is 0.970 bits per heavy atom. The minimum atomic E-state index is -0.132. The van der Waals surface area contributed by atoms with E-state index in [1.807, 2.05) is 79.7 Å². The SMILES string of the molecule is CN(C)CCNC(=O)c1cccc(-c2ccnc(CC(=O)CN(O)Cc3ccccc3)c2)c1. The molecule has 0 saturated heterocycles. The Bertz CT molecular complexity index is 1070. The zero-order chi connectivity index (χ0) is 23.6. The van der Waals surface area contributed by atoms with Gasteiger partial charge in [0, 0.05) is 37.1 Å². The molecule has 172 valence electrons. The Labute approximate surface area is 194 Å². The van der Waals surface area contributed by atoms with E-state index in [0.29, 0.717) is 17.8 Å². The molecule has 7 nitrogen and oxygen atoms in total. The Kier molecular flexibility index (Phi) is 8.83. The third kappa shape index (κ3) is 7.91. The fraction of sp³-hybridized carbons (Fsp3) is 0.269. The van der Waals surface area contributed by atoms with Gasteiger partial charge in [0.05, 0.1) is 13.0 Å². The highest BCUT2D eigenvalue weighted by Gasteiger charge is 2.12. The van der Waals surface area contributed by atoms with E-state index in [4.69, 9.17) is 0 Å². The molecule has 0 aliphatic heterocycles. The molecule has 1 aromatic heterocycles. The summed E-state index contributed by atoms with van der Waals surface area (Å²) >= 11 is 0. The van der Waals surface area contributed by atoms with Crippen molar-refractivity contribution >= 4 is 11.7 Å². The van der Waals surface area contributed by atoms with Crippen LogP contribution in [0.4, 0.5) is 0 Å². The van der Waals surface area contributed by atoms with Gasteiger partial charge in [0.2, 0.25) is 0 Å². The summed E-state index contributed by atoms with van der Waals surface area (Å²) in [5.41, 5.74) is 3.88. The first-order valence-electron chi connectivity index (χ1n) is 10.9. The number of rotatable bonds is 11. The number of nitrogens with zero attached hydrogens (tertiary/aromatic N) is 3. The van der Waals surface area contributed by atoms with E-state index >= 15 is 0 Å². The summed E-state index contributed by atoms with van der Waals surface area (Å²) in [4.78, 5) is 31.2. The minimum Gasteiger partial charge on any atom is -0.351 e. The molecule has 0 radical (unpaired) electrons. The van der Waals surface area contributed by atoms with Crippen LogP contribution < -0.4 is 5.32 Å². The lowest BCUT2D eigenvalue weighted by Gasteiger charge is -2.14. The molecule has 0 unspecified atom stereocenters. The van der Waals surface area contributed by atoms with Crippen LogP contribution in [0.3, 0.4) is 0 Å². The fourth-order valence-corrected chi connectivity index (χ4v) is 3.40. The third-order valence-electron chi connectivity index (χ3n) is 5.06. The maximum atomic E-state index is 12.5. The van der Waals surface area contributed by atoms with Crippen LogP contribution in [0.1, 0.15) is 21.6 Å². The second-order valence-electron chi connectivity index (χ2n) is 8.20. The van der Waals surface area contributed by atoms with Gasteiger partial charge in [0.25, 0.3) is 5.91 Å². The zero-order valence-corrected chi connectivity index (χ0v) is 19.1. The Morgan fingerprint density at radius 2 is 1.73 bits per heavy atom. The first-order chi connectivity index (χ1) is 15.9. The molecule has 0 fully saturated rings. The average Bonchev–Trinajstić information content (AvgIpc) is 2.79. The van der Waals surface area contributed by atoms with E-state index in [1.165, 1.54) is 0 Å². The summed E-state index contributed by atoms with van der Waals surface area (Å²) in [7, 11) is 3.92. The average molecular weight is 447 g/mol. The van der Waals surface area contributed by atoms with Crippen molar-refractivity contribution in [3.8, 4) is 11.1 Å². The number of pyridine rings is 1. The first-order valence-corrected chi connectivity index (χ1v) is 10.9. The predicted octanol–water partition coefficient (Wildman–Crippen LogP) is 3.04. The molecule has 2 aromatic carbocycles. The zero-order valence-electron chi connectivity index (χ0n) is 19.1. The highest BCUT2D eigenvalue weighted by Crippen LogP contribution is 2.21. The Morgan fingerprint density at radius 3 is 2.48 bits per heavy atom. The van der Waals surface area contributed by atoms with Gasteiger partial charge in [0.15, 0.2) is 5.78 Å².